The van der Waals surface area contributed by atoms with Crippen molar-refractivity contribution in [2.24, 2.45) is 0 Å². The van der Waals surface area contributed by atoms with Gasteiger partial charge in [-0.2, -0.15) is 0 Å². The number of carbonyl (C=O) groups excluding carboxylic acids is 1. The van der Waals surface area contributed by atoms with Gasteiger partial charge in [-0.05, 0) is 60.5 Å². The summed E-state index contributed by atoms with van der Waals surface area (Å²) >= 11 is 0. The molecular weight excluding hydrogens is 381 g/mol. The third-order valence-corrected chi connectivity index (χ3v) is 5.19. The average molecular weight is 405 g/mol. The Kier molecular flexibility index (Phi) is 5.95. The molecule has 5 nitrogen and oxygen atoms in total. The van der Waals surface area contributed by atoms with Gasteiger partial charge in [-0.15, -0.1) is 0 Å². The molecule has 0 aromatic heterocycles. The van der Waals surface area contributed by atoms with Gasteiger partial charge in [0.15, 0.2) is 0 Å². The molecule has 6 heteroatoms. The van der Waals surface area contributed by atoms with Crippen LogP contribution in [0.5, 0.6) is 5.75 Å². The number of ether oxygens (including phenoxy) is 1. The molecule has 3 aromatic rings. The SMILES string of the molecule is Nc1ccccc1NC(=O)c1ccc(OCCNC2CC2c2ccc(F)cc2)cc1. The topological polar surface area (TPSA) is 76.4 Å². The highest BCUT2D eigenvalue weighted by atomic mass is 19.1. The fourth-order valence-corrected chi connectivity index (χ4v) is 3.42. The first-order valence-electron chi connectivity index (χ1n) is 9.98. The van der Waals surface area contributed by atoms with E-state index in [2.05, 4.69) is 10.6 Å². The second-order valence-corrected chi connectivity index (χ2v) is 7.37. The van der Waals surface area contributed by atoms with Crippen molar-refractivity contribution in [1.82, 2.24) is 5.32 Å². The maximum absolute atomic E-state index is 13.0. The molecule has 4 rings (SSSR count). The van der Waals surface area contributed by atoms with Crippen LogP contribution in [0.4, 0.5) is 15.8 Å². The molecule has 2 unspecified atom stereocenters. The molecule has 154 valence electrons. The zero-order valence-corrected chi connectivity index (χ0v) is 16.5. The van der Waals surface area contributed by atoms with E-state index in [1.165, 1.54) is 17.7 Å². The van der Waals surface area contributed by atoms with Crippen molar-refractivity contribution in [3.8, 4) is 5.75 Å². The van der Waals surface area contributed by atoms with Gasteiger partial charge in [-0.25, -0.2) is 4.39 Å². The normalized spacial score (nSPS) is 17.4. The second-order valence-electron chi connectivity index (χ2n) is 7.37. The number of benzene rings is 3. The van der Waals surface area contributed by atoms with Crippen LogP contribution in [0.25, 0.3) is 0 Å². The number of hydrogen-bond donors (Lipinski definition) is 3. The highest BCUT2D eigenvalue weighted by Crippen LogP contribution is 2.40. The van der Waals surface area contributed by atoms with E-state index < -0.39 is 0 Å². The molecule has 0 radical (unpaired) electrons. The molecule has 0 heterocycles. The molecule has 1 saturated carbocycles. The number of nitrogens with one attached hydrogen (secondary N) is 2. The maximum atomic E-state index is 13.0. The Morgan fingerprint density at radius 3 is 2.50 bits per heavy atom. The zero-order valence-electron chi connectivity index (χ0n) is 16.5. The summed E-state index contributed by atoms with van der Waals surface area (Å²) in [6.45, 7) is 1.25. The number of halogens is 1. The molecule has 1 aliphatic carbocycles. The van der Waals surface area contributed by atoms with Crippen molar-refractivity contribution in [2.75, 3.05) is 24.2 Å². The third-order valence-electron chi connectivity index (χ3n) is 5.19. The Balaban J connectivity index is 1.19. The molecule has 30 heavy (non-hydrogen) atoms. The quantitative estimate of drug-likeness (QED) is 0.388. The van der Waals surface area contributed by atoms with Crippen molar-refractivity contribution in [3.63, 3.8) is 0 Å². The first kappa shape index (κ1) is 19.9. The molecule has 1 amide bonds. The minimum absolute atomic E-state index is 0.204. The van der Waals surface area contributed by atoms with Crippen LogP contribution in [-0.2, 0) is 0 Å². The van der Waals surface area contributed by atoms with E-state index in [-0.39, 0.29) is 11.7 Å². The average Bonchev–Trinajstić information content (AvgIpc) is 3.53. The fraction of sp³-hybridized carbons (Fsp3) is 0.208. The predicted molar refractivity (Wildman–Crippen MR) is 116 cm³/mol. The van der Waals surface area contributed by atoms with Gasteiger partial charge >= 0.3 is 0 Å². The number of anilines is 2. The fourth-order valence-electron chi connectivity index (χ4n) is 3.42. The lowest BCUT2D eigenvalue weighted by molar-refractivity contribution is 0.102. The molecular formula is C24H24FN3O2. The summed E-state index contributed by atoms with van der Waals surface area (Å²) in [5, 5.41) is 6.26. The monoisotopic (exact) mass is 405 g/mol. The van der Waals surface area contributed by atoms with Gasteiger partial charge in [0.25, 0.3) is 5.91 Å². The first-order chi connectivity index (χ1) is 14.6. The van der Waals surface area contributed by atoms with Crippen molar-refractivity contribution in [2.45, 2.75) is 18.4 Å². The van der Waals surface area contributed by atoms with E-state index in [0.29, 0.717) is 41.3 Å². The summed E-state index contributed by atoms with van der Waals surface area (Å²) in [7, 11) is 0. The van der Waals surface area contributed by atoms with Crippen LogP contribution in [0.1, 0.15) is 28.3 Å². The van der Waals surface area contributed by atoms with Crippen molar-refractivity contribution < 1.29 is 13.9 Å². The minimum Gasteiger partial charge on any atom is -0.492 e. The maximum Gasteiger partial charge on any atom is 0.255 e. The number of para-hydroxylation sites is 2. The second kappa shape index (κ2) is 8.97. The van der Waals surface area contributed by atoms with Crippen molar-refractivity contribution >= 4 is 17.3 Å². The van der Waals surface area contributed by atoms with Crippen LogP contribution in [-0.4, -0.2) is 25.1 Å². The lowest BCUT2D eigenvalue weighted by Gasteiger charge is -2.10. The molecule has 2 atom stereocenters. The summed E-state index contributed by atoms with van der Waals surface area (Å²) in [5.74, 6) is 0.729. The van der Waals surface area contributed by atoms with E-state index in [9.17, 15) is 9.18 Å². The predicted octanol–water partition coefficient (Wildman–Crippen LogP) is 4.18. The molecule has 0 spiro atoms. The number of amides is 1. The van der Waals surface area contributed by atoms with Gasteiger partial charge < -0.3 is 21.1 Å². The summed E-state index contributed by atoms with van der Waals surface area (Å²) in [5.41, 5.74) is 8.67. The van der Waals surface area contributed by atoms with E-state index in [4.69, 9.17) is 10.5 Å². The van der Waals surface area contributed by atoms with Crippen LogP contribution in [0.3, 0.4) is 0 Å². The van der Waals surface area contributed by atoms with Gasteiger partial charge in [0.05, 0.1) is 11.4 Å². The largest absolute Gasteiger partial charge is 0.492 e. The highest BCUT2D eigenvalue weighted by molar-refractivity contribution is 6.05. The van der Waals surface area contributed by atoms with Gasteiger partial charge in [-0.3, -0.25) is 4.79 Å². The number of nitrogens with two attached hydrogens (primary N) is 1. The van der Waals surface area contributed by atoms with E-state index in [1.54, 1.807) is 36.4 Å². The molecule has 1 aliphatic rings. The minimum atomic E-state index is -0.221. The Morgan fingerprint density at radius 2 is 1.77 bits per heavy atom. The van der Waals surface area contributed by atoms with Crippen LogP contribution in [0.15, 0.2) is 72.8 Å². The van der Waals surface area contributed by atoms with Crippen LogP contribution < -0.4 is 21.1 Å². The summed E-state index contributed by atoms with van der Waals surface area (Å²) in [4.78, 5) is 12.3. The number of hydrogen-bond acceptors (Lipinski definition) is 4. The standard InChI is InChI=1S/C24H24FN3O2/c25-18-9-5-16(6-10-18)20-15-23(20)27-13-14-30-19-11-7-17(8-12-19)24(29)28-22-4-2-1-3-21(22)26/h1-12,20,23,27H,13-15,26H2,(H,28,29). The van der Waals surface area contributed by atoms with E-state index in [1.807, 2.05) is 24.3 Å². The van der Waals surface area contributed by atoms with E-state index >= 15 is 0 Å². The lowest BCUT2D eigenvalue weighted by Crippen LogP contribution is -2.24. The summed E-state index contributed by atoms with van der Waals surface area (Å²) < 4.78 is 18.8. The number of carbonyl (C=O) groups is 1. The number of rotatable bonds is 8. The Bertz CT molecular complexity index is 1010. The van der Waals surface area contributed by atoms with Gasteiger partial charge in [-0.1, -0.05) is 24.3 Å². The van der Waals surface area contributed by atoms with Crippen LogP contribution in [0, 0.1) is 5.82 Å². The lowest BCUT2D eigenvalue weighted by atomic mass is 10.1. The molecule has 1 fully saturated rings. The van der Waals surface area contributed by atoms with Crippen LogP contribution in [0.2, 0.25) is 0 Å². The molecule has 0 bridgehead atoms. The van der Waals surface area contributed by atoms with Crippen LogP contribution >= 0.6 is 0 Å². The summed E-state index contributed by atoms with van der Waals surface area (Å²) in [6, 6.07) is 21.3. The number of nitrogen functional groups attached to an aromatic ring is 1. The van der Waals surface area contributed by atoms with Crippen molar-refractivity contribution in [1.29, 1.82) is 0 Å². The zero-order chi connectivity index (χ0) is 20.9. The Labute approximate surface area is 175 Å². The highest BCUT2D eigenvalue weighted by Gasteiger charge is 2.37. The molecule has 0 aliphatic heterocycles. The third kappa shape index (κ3) is 4.96. The first-order valence-corrected chi connectivity index (χ1v) is 9.98. The summed E-state index contributed by atoms with van der Waals surface area (Å²) in [6.07, 6.45) is 1.06. The Morgan fingerprint density at radius 1 is 1.03 bits per heavy atom. The molecule has 4 N–H and O–H groups in total. The van der Waals surface area contributed by atoms with Gasteiger partial charge in [0.2, 0.25) is 0 Å². The van der Waals surface area contributed by atoms with Gasteiger partial charge in [0, 0.05) is 24.1 Å². The molecule has 3 aromatic carbocycles. The Hall–Kier alpha value is -3.38. The van der Waals surface area contributed by atoms with Crippen molar-refractivity contribution in [3.05, 3.63) is 89.7 Å². The molecule has 0 saturated heterocycles. The van der Waals surface area contributed by atoms with Gasteiger partial charge in [0.1, 0.15) is 18.2 Å². The van der Waals surface area contributed by atoms with E-state index in [0.717, 1.165) is 13.0 Å². The smallest absolute Gasteiger partial charge is 0.255 e.